The van der Waals surface area contributed by atoms with E-state index in [1.165, 1.54) is 0 Å². The molecule has 102 valence electrons. The molecule has 4 nitrogen and oxygen atoms in total. The Bertz CT molecular complexity index is 641. The highest BCUT2D eigenvalue weighted by Gasteiger charge is 2.13. The second kappa shape index (κ2) is 5.97. The Morgan fingerprint density at radius 2 is 1.80 bits per heavy atom. The Balaban J connectivity index is 2.02. The zero-order chi connectivity index (χ0) is 14.5. The third-order valence-corrected chi connectivity index (χ3v) is 2.71. The van der Waals surface area contributed by atoms with Gasteiger partial charge in [0.25, 0.3) is 5.91 Å². The molecule has 20 heavy (non-hydrogen) atoms. The first-order chi connectivity index (χ1) is 9.58. The van der Waals surface area contributed by atoms with Crippen LogP contribution in [0.15, 0.2) is 48.5 Å². The lowest BCUT2D eigenvalue weighted by Gasteiger charge is -2.06. The van der Waals surface area contributed by atoms with Crippen LogP contribution >= 0.6 is 0 Å². The van der Waals surface area contributed by atoms with Crippen LogP contribution in [0, 0.1) is 5.82 Å². The van der Waals surface area contributed by atoms with Gasteiger partial charge in [-0.15, -0.1) is 0 Å². The number of ketones is 1. The van der Waals surface area contributed by atoms with Crippen molar-refractivity contribution < 1.29 is 19.1 Å². The van der Waals surface area contributed by atoms with Gasteiger partial charge in [-0.3, -0.25) is 9.59 Å². The fourth-order valence-electron chi connectivity index (χ4n) is 1.67. The van der Waals surface area contributed by atoms with E-state index >= 15 is 0 Å². The average Bonchev–Trinajstić information content (AvgIpc) is 2.47. The molecule has 0 fully saturated rings. The Hall–Kier alpha value is -2.69. The lowest BCUT2D eigenvalue weighted by Crippen LogP contribution is -2.29. The fourth-order valence-corrected chi connectivity index (χ4v) is 1.67. The second-order valence-corrected chi connectivity index (χ2v) is 4.13. The summed E-state index contributed by atoms with van der Waals surface area (Å²) in [5, 5.41) is 11.8. The van der Waals surface area contributed by atoms with Gasteiger partial charge in [0.15, 0.2) is 5.78 Å². The number of hydrogen-bond acceptors (Lipinski definition) is 3. The van der Waals surface area contributed by atoms with Crippen LogP contribution in [-0.2, 0) is 0 Å². The lowest BCUT2D eigenvalue weighted by atomic mass is 10.1. The third kappa shape index (κ3) is 3.20. The highest BCUT2D eigenvalue weighted by atomic mass is 19.1. The number of phenols is 1. The normalized spacial score (nSPS) is 10.1. The molecule has 0 unspecified atom stereocenters. The molecule has 0 saturated carbocycles. The molecule has 2 aromatic carbocycles. The van der Waals surface area contributed by atoms with E-state index in [2.05, 4.69) is 5.32 Å². The Kier molecular flexibility index (Phi) is 4.10. The molecule has 5 heteroatoms. The van der Waals surface area contributed by atoms with Crippen LogP contribution in [0.1, 0.15) is 20.7 Å². The van der Waals surface area contributed by atoms with Crippen molar-refractivity contribution in [2.45, 2.75) is 0 Å². The monoisotopic (exact) mass is 273 g/mol. The second-order valence-electron chi connectivity index (χ2n) is 4.13. The number of benzene rings is 2. The largest absolute Gasteiger partial charge is 0.507 e. The zero-order valence-electron chi connectivity index (χ0n) is 10.5. The maximum absolute atomic E-state index is 13.0. The van der Waals surface area contributed by atoms with Crippen molar-refractivity contribution in [3.63, 3.8) is 0 Å². The summed E-state index contributed by atoms with van der Waals surface area (Å²) in [7, 11) is 0. The van der Waals surface area contributed by atoms with E-state index in [0.717, 1.165) is 18.2 Å². The molecule has 1 amide bonds. The van der Waals surface area contributed by atoms with Gasteiger partial charge in [-0.1, -0.05) is 30.3 Å². The van der Waals surface area contributed by atoms with E-state index in [1.807, 2.05) is 0 Å². The molecule has 0 aromatic heterocycles. The van der Waals surface area contributed by atoms with Gasteiger partial charge in [-0.2, -0.15) is 0 Å². The highest BCUT2D eigenvalue weighted by molar-refractivity contribution is 6.03. The van der Waals surface area contributed by atoms with Crippen LogP contribution in [0.5, 0.6) is 5.75 Å². The quantitative estimate of drug-likeness (QED) is 0.839. The molecular weight excluding hydrogens is 261 g/mol. The number of hydrogen-bond donors (Lipinski definition) is 2. The minimum atomic E-state index is -0.703. The first-order valence-corrected chi connectivity index (χ1v) is 5.93. The average molecular weight is 273 g/mol. The summed E-state index contributed by atoms with van der Waals surface area (Å²) in [4.78, 5) is 23.5. The highest BCUT2D eigenvalue weighted by Crippen LogP contribution is 2.17. The summed E-state index contributed by atoms with van der Waals surface area (Å²) in [6.07, 6.45) is 0. The number of rotatable bonds is 4. The van der Waals surface area contributed by atoms with Crippen molar-refractivity contribution in [1.29, 1.82) is 0 Å². The Morgan fingerprint density at radius 3 is 2.50 bits per heavy atom. The summed E-state index contributed by atoms with van der Waals surface area (Å²) < 4.78 is 13.0. The minimum absolute atomic E-state index is 0.203. The molecule has 0 aliphatic rings. The molecule has 0 atom stereocenters. The van der Waals surface area contributed by atoms with Crippen LogP contribution in [-0.4, -0.2) is 23.3 Å². The van der Waals surface area contributed by atoms with Crippen LogP contribution < -0.4 is 5.32 Å². The Morgan fingerprint density at radius 1 is 1.10 bits per heavy atom. The Labute approximate surface area is 114 Å². The van der Waals surface area contributed by atoms with Gasteiger partial charge >= 0.3 is 0 Å². The number of carbonyl (C=O) groups is 2. The molecule has 0 bridgehead atoms. The SMILES string of the molecule is O=C(CNC(=O)c1cc(F)ccc1O)c1ccccc1. The first-order valence-electron chi connectivity index (χ1n) is 5.93. The van der Waals surface area contributed by atoms with E-state index in [-0.39, 0.29) is 23.6 Å². The molecule has 0 aliphatic carbocycles. The van der Waals surface area contributed by atoms with Crippen LogP contribution in [0.4, 0.5) is 4.39 Å². The summed E-state index contributed by atoms with van der Waals surface area (Å²) in [5.41, 5.74) is 0.266. The molecule has 0 saturated heterocycles. The van der Waals surface area contributed by atoms with Crippen molar-refractivity contribution in [3.8, 4) is 5.75 Å². The van der Waals surface area contributed by atoms with Crippen LogP contribution in [0.25, 0.3) is 0 Å². The summed E-state index contributed by atoms with van der Waals surface area (Å²) in [5.74, 6) is -1.94. The van der Waals surface area contributed by atoms with Gasteiger partial charge in [0.05, 0.1) is 12.1 Å². The van der Waals surface area contributed by atoms with Crippen LogP contribution in [0.2, 0.25) is 0 Å². The van der Waals surface area contributed by atoms with Gasteiger partial charge in [0.2, 0.25) is 0 Å². The molecule has 0 radical (unpaired) electrons. The van der Waals surface area contributed by atoms with E-state index < -0.39 is 11.7 Å². The summed E-state index contributed by atoms with van der Waals surface area (Å²) in [6.45, 7) is -0.223. The van der Waals surface area contributed by atoms with Gasteiger partial charge in [0, 0.05) is 5.56 Å². The molecular formula is C15H12FNO3. The molecule has 0 spiro atoms. The number of nitrogens with one attached hydrogen (secondary N) is 1. The van der Waals surface area contributed by atoms with Gasteiger partial charge < -0.3 is 10.4 Å². The predicted octanol–water partition coefficient (Wildman–Crippen LogP) is 2.14. The van der Waals surface area contributed by atoms with Crippen molar-refractivity contribution in [2.24, 2.45) is 0 Å². The zero-order valence-corrected chi connectivity index (χ0v) is 10.5. The number of aromatic hydroxyl groups is 1. The van der Waals surface area contributed by atoms with Gasteiger partial charge in [-0.05, 0) is 18.2 Å². The predicted molar refractivity (Wildman–Crippen MR) is 71.2 cm³/mol. The molecule has 2 aromatic rings. The van der Waals surface area contributed by atoms with Crippen molar-refractivity contribution >= 4 is 11.7 Å². The maximum atomic E-state index is 13.0. The maximum Gasteiger partial charge on any atom is 0.255 e. The van der Waals surface area contributed by atoms with E-state index in [4.69, 9.17) is 0 Å². The number of halogens is 1. The van der Waals surface area contributed by atoms with Gasteiger partial charge in [-0.25, -0.2) is 4.39 Å². The molecule has 0 aliphatic heterocycles. The van der Waals surface area contributed by atoms with Crippen molar-refractivity contribution in [1.82, 2.24) is 5.32 Å². The number of Topliss-reactive ketones (excluding diaryl/α,β-unsaturated/α-hetero) is 1. The number of carbonyl (C=O) groups excluding carboxylic acids is 2. The fraction of sp³-hybridized carbons (Fsp3) is 0.0667. The number of amides is 1. The number of phenolic OH excluding ortho intramolecular Hbond substituents is 1. The van der Waals surface area contributed by atoms with E-state index in [0.29, 0.717) is 5.56 Å². The molecule has 2 N–H and O–H groups in total. The smallest absolute Gasteiger partial charge is 0.255 e. The van der Waals surface area contributed by atoms with Crippen LogP contribution in [0.3, 0.4) is 0 Å². The molecule has 0 heterocycles. The standard InChI is InChI=1S/C15H12FNO3/c16-11-6-7-13(18)12(8-11)15(20)17-9-14(19)10-4-2-1-3-5-10/h1-8,18H,9H2,(H,17,20). The van der Waals surface area contributed by atoms with E-state index in [1.54, 1.807) is 30.3 Å². The lowest BCUT2D eigenvalue weighted by molar-refractivity contribution is 0.0902. The first kappa shape index (κ1) is 13.7. The van der Waals surface area contributed by atoms with Crippen molar-refractivity contribution in [2.75, 3.05) is 6.54 Å². The summed E-state index contributed by atoms with van der Waals surface area (Å²) >= 11 is 0. The third-order valence-electron chi connectivity index (χ3n) is 2.71. The summed E-state index contributed by atoms with van der Waals surface area (Å²) in [6, 6.07) is 11.5. The van der Waals surface area contributed by atoms with Gasteiger partial charge in [0.1, 0.15) is 11.6 Å². The molecule has 2 rings (SSSR count). The topological polar surface area (TPSA) is 66.4 Å². The van der Waals surface area contributed by atoms with E-state index in [9.17, 15) is 19.1 Å². The minimum Gasteiger partial charge on any atom is -0.507 e. The van der Waals surface area contributed by atoms with Crippen molar-refractivity contribution in [3.05, 3.63) is 65.5 Å².